The number of aromatic amines is 5. The van der Waals surface area contributed by atoms with Crippen molar-refractivity contribution >= 4 is 114 Å². The molecule has 15 heterocycles. The van der Waals surface area contributed by atoms with Gasteiger partial charge < -0.3 is 98.1 Å². The number of hydrogen-bond donors (Lipinski definition) is 5. The number of nitrogens with one attached hydrogen (secondary N) is 5. The Labute approximate surface area is 756 Å². The van der Waals surface area contributed by atoms with E-state index in [1.54, 1.807) is 41.5 Å². The number of fused-ring (bicyclic) bond motifs is 5. The molecule has 0 bridgehead atoms. The Morgan fingerprint density at radius 1 is 0.383 bits per heavy atom. The molecule has 0 spiro atoms. The third-order valence-corrected chi connectivity index (χ3v) is 20.4. The third-order valence-electron chi connectivity index (χ3n) is 20.4. The van der Waals surface area contributed by atoms with Crippen LogP contribution in [-0.2, 0) is 24.0 Å². The summed E-state index contributed by atoms with van der Waals surface area (Å²) in [7, 11) is 2.78. The summed E-state index contributed by atoms with van der Waals surface area (Å²) in [6, 6.07) is -7.70. The highest BCUT2D eigenvalue weighted by atomic mass is 16.2. The molecule has 630 valence electrons. The van der Waals surface area contributed by atoms with Crippen LogP contribution in [0.25, 0.3) is 79.4 Å². The Bertz CT molecular complexity index is 7560. The van der Waals surface area contributed by atoms with Gasteiger partial charge in [0.2, 0.25) is 0 Å². The minimum atomic E-state index is -3.01. The number of likely N-dealkylation sites (N-methyl/N-ethyl adjacent to an activating group) is 5. The number of carbonyl (C=O) groups is 5. The van der Waals surface area contributed by atoms with Crippen LogP contribution in [0.1, 0.15) is 150 Å². The Morgan fingerprint density at radius 3 is 0.950 bits per heavy atom. The second-order valence-electron chi connectivity index (χ2n) is 28.3. The van der Waals surface area contributed by atoms with Crippen LogP contribution < -0.4 is 24.5 Å². The number of rotatable bonds is 15. The lowest BCUT2D eigenvalue weighted by Crippen LogP contribution is -2.53. The van der Waals surface area contributed by atoms with Gasteiger partial charge in [0, 0.05) is 154 Å². The van der Waals surface area contributed by atoms with Gasteiger partial charge in [0.1, 0.15) is 109 Å². The zero-order valence-electron chi connectivity index (χ0n) is 107. The van der Waals surface area contributed by atoms with Crippen LogP contribution in [0.3, 0.4) is 0 Å². The summed E-state index contributed by atoms with van der Waals surface area (Å²) in [5.41, 5.74) is 2.79. The van der Waals surface area contributed by atoms with E-state index in [0.717, 1.165) is 39.2 Å². The summed E-state index contributed by atoms with van der Waals surface area (Å²) in [6.07, 6.45) is -2.46. The molecule has 0 unspecified atom stereocenters. The lowest BCUT2D eigenvalue weighted by atomic mass is 9.92. The summed E-state index contributed by atoms with van der Waals surface area (Å²) in [5, 5.41) is 0.634. The van der Waals surface area contributed by atoms with Gasteiger partial charge in [0.15, 0.2) is 0 Å². The van der Waals surface area contributed by atoms with Crippen LogP contribution in [-0.4, -0.2) is 292 Å². The molecule has 5 aliphatic heterocycles. The van der Waals surface area contributed by atoms with Gasteiger partial charge in [-0.05, 0) is 126 Å². The fourth-order valence-corrected chi connectivity index (χ4v) is 14.0. The molecule has 5 saturated heterocycles. The highest BCUT2D eigenvalue weighted by molar-refractivity contribution is 5.92. The Balaban J connectivity index is 0.000000188. The van der Waals surface area contributed by atoms with Crippen molar-refractivity contribution in [1.29, 1.82) is 0 Å². The van der Waals surface area contributed by atoms with Gasteiger partial charge >= 0.3 is 29.5 Å². The maximum Gasteiger partial charge on any atom is 0.302 e. The molecule has 10 aromatic heterocycles. The minimum absolute atomic E-state index is 0.0139. The van der Waals surface area contributed by atoms with Crippen LogP contribution in [0, 0.1) is 97.0 Å². The highest BCUT2D eigenvalue weighted by Crippen LogP contribution is 2.36. The van der Waals surface area contributed by atoms with E-state index < -0.39 is 195 Å². The predicted molar refractivity (Wildman–Crippen MR) is 463 cm³/mol. The first kappa shape index (κ1) is 48.7. The van der Waals surface area contributed by atoms with E-state index in [1.165, 1.54) is 25.9 Å². The SMILES string of the molecule is [2H]c1nc(N(C)[C@@]2([2H])CN(C(=O)C([2H])([2H])[N+]#[C-])CC[C@@]2([2H])C([2H])([2H])[2H])c2c([2H])c(C)[nH]c2n1.[2H]c1nc(N(C)[C@@]2([2H])CN(C(=O)C([2H])([2H])[N+]#[C-])CC[C@@]2([2H])C)c2c([2H])c(C)[nH]c2n1.[2H]c1nc(N([C@H]2CN(C(=O)C([2H])([2H])[N+]#[C-])CC[C@@]2([2H])C)C([2H])([2H])[2H])c2c([2H])c(C)[nH]c2n1.[2H]c1nc(N([C@H]2CN(C(=O)C([2H])([2H])[N+]#[C-])CC[C@H]2C([2H])([2H])[2H])C([2H])([2H])[2H])c2c([2H])c(C)[nH]c2n1.[2H]c1nc(N([C@H]2CN(C(=O)C([2H])([2H])[N+]#[C-])CC[C@H]2C)C([2H])([2H])[2H])c2c([2H])c(C)[nH]c2n1. The number of aromatic nitrogens is 15. The molecule has 120 heavy (non-hydrogen) atoms. The van der Waals surface area contributed by atoms with Crippen LogP contribution in [0.5, 0.6) is 0 Å². The first-order chi connectivity index (χ1) is 73.1. The maximum absolute atomic E-state index is 12.6. The molecule has 0 radical (unpaired) electrons. The molecule has 5 N–H and O–H groups in total. The van der Waals surface area contributed by atoms with Gasteiger partial charge in [0.25, 0.3) is 32.5 Å². The van der Waals surface area contributed by atoms with Crippen LogP contribution in [0.2, 0.25) is 0 Å². The van der Waals surface area contributed by atoms with Crippen molar-refractivity contribution in [3.8, 4) is 0 Å². The van der Waals surface area contributed by atoms with Crippen molar-refractivity contribution in [2.24, 2.45) is 29.5 Å². The summed E-state index contributed by atoms with van der Waals surface area (Å²) in [5.74, 6) is -13.1. The normalized spacial score (nSPS) is 29.9. The number of H-pyrrole nitrogens is 5. The summed E-state index contributed by atoms with van der Waals surface area (Å²) in [4.78, 5) is 141. The number of amides is 5. The molecule has 0 aliphatic carbocycles. The fourth-order valence-electron chi connectivity index (χ4n) is 14.0. The first-order valence-electron chi connectivity index (χ1n) is 57.0. The van der Waals surface area contributed by atoms with Crippen molar-refractivity contribution in [1.82, 2.24) is 99.3 Å². The van der Waals surface area contributed by atoms with Crippen LogP contribution in [0.4, 0.5) is 29.1 Å². The Morgan fingerprint density at radius 2 is 0.642 bits per heavy atom. The largest absolute Gasteiger partial charge is 0.354 e. The number of hydrogen-bond acceptors (Lipinski definition) is 20. The van der Waals surface area contributed by atoms with Crippen molar-refractivity contribution in [3.63, 3.8) is 0 Å². The van der Waals surface area contributed by atoms with E-state index in [1.807, 2.05) is 6.92 Å². The molecule has 10 atom stereocenters. The van der Waals surface area contributed by atoms with Crippen molar-refractivity contribution in [2.45, 2.75) is 131 Å². The smallest absolute Gasteiger partial charge is 0.302 e. The molecule has 35 nitrogen and oxygen atoms in total. The predicted octanol–water partition coefficient (Wildman–Crippen LogP) is 9.29. The zero-order valence-corrected chi connectivity index (χ0v) is 66.7. The molecule has 10 aromatic rings. The maximum atomic E-state index is 12.6. The van der Waals surface area contributed by atoms with Crippen molar-refractivity contribution in [2.75, 3.05) is 157 Å². The van der Waals surface area contributed by atoms with E-state index in [0.29, 0.717) is 45.2 Å². The number of nitrogens with zero attached hydrogens (tertiary/aromatic N) is 25. The molecule has 0 aromatic carbocycles. The van der Waals surface area contributed by atoms with Gasteiger partial charge in [-0.25, -0.2) is 82.7 Å². The number of anilines is 5. The molecule has 5 fully saturated rings. The average Bonchev–Trinajstić information content (AvgIpc) is 0.788. The van der Waals surface area contributed by atoms with Gasteiger partial charge in [-0.2, -0.15) is 0 Å². The van der Waals surface area contributed by atoms with Crippen molar-refractivity contribution < 1.29 is 78.8 Å². The molecular weight excluding hydrogens is 1520 g/mol. The van der Waals surface area contributed by atoms with Gasteiger partial charge in [-0.3, -0.25) is 24.0 Å². The highest BCUT2D eigenvalue weighted by Gasteiger charge is 2.39. The minimum Gasteiger partial charge on any atom is -0.354 e. The number of piperidine rings is 5. The lowest BCUT2D eigenvalue weighted by Gasteiger charge is -2.41. The molecule has 5 aliphatic rings. The Kier molecular flexibility index (Phi) is 16.0. The van der Waals surface area contributed by atoms with Gasteiger partial charge in [-0.15, -0.1) is 0 Å². The molecule has 15 rings (SSSR count). The summed E-state index contributed by atoms with van der Waals surface area (Å²) >= 11 is 0. The molecule has 35 heteroatoms. The van der Waals surface area contributed by atoms with Gasteiger partial charge in [0.05, 0.1) is 66.7 Å². The zero-order chi connectivity index (χ0) is 121. The number of likely N-dealkylation sites (tertiary alicyclic amines) is 5. The molecular formula is C85H110N30O5. The monoisotopic (exact) mass is 1670 g/mol. The van der Waals surface area contributed by atoms with E-state index in [2.05, 4.69) is 99.0 Å². The molecule has 0 saturated carbocycles. The lowest BCUT2D eigenvalue weighted by molar-refractivity contribution is -0.131. The van der Waals surface area contributed by atoms with Gasteiger partial charge in [-0.1, -0.05) is 34.5 Å². The number of aryl methyl sites for hydroxylation is 5. The third kappa shape index (κ3) is 20.2. The quantitative estimate of drug-likeness (QED) is 0.0597. The summed E-state index contributed by atoms with van der Waals surface area (Å²) in [6.45, 7) is 17.0. The van der Waals surface area contributed by atoms with Crippen LogP contribution in [0.15, 0.2) is 61.7 Å². The summed E-state index contributed by atoms with van der Waals surface area (Å²) < 4.78 is 323. The topological polar surface area (TPSA) is 347 Å². The van der Waals surface area contributed by atoms with E-state index in [4.69, 9.17) is 86.3 Å². The average molecular weight is 1670 g/mol. The first-order valence-corrected chi connectivity index (χ1v) is 37.0. The van der Waals surface area contributed by atoms with Crippen LogP contribution >= 0.6 is 0 Å². The second-order valence-corrected chi connectivity index (χ2v) is 28.3. The second kappa shape index (κ2) is 39.4. The molecule has 5 amide bonds. The van der Waals surface area contributed by atoms with Crippen molar-refractivity contribution in [3.05, 3.63) is 147 Å². The number of carbonyl (C=O) groups excluding carboxylic acids is 5. The standard InChI is InChI=1S/5C17H22N6O/c5*1-11-5-6-23(15(24)8-18-3)9-14(11)22(4)17-13-7-12(2)21-16(13)19-10-20-17/h5*7,10-11,14H,5-6,8-9H2,1-2,4H3,(H,19,20,21)/t5*11-,14+/m11111/s1/i1D3,7D,8D2,10D,11D,14D;7D,8D2,10D,11D,14D;4D3,7D,8D2,10D,11D;1D3,4D3,7D,8D2,10D;4D3,7D,8D2,10D. The van der Waals surface area contributed by atoms with E-state index >= 15 is 0 Å². The Hall–Kier alpha value is -13.1. The van der Waals surface area contributed by atoms with E-state index in [-0.39, 0.29) is 193 Å². The fraction of sp³-hybridized carbons (Fsp3) is 0.529. The van der Waals surface area contributed by atoms with E-state index in [9.17, 15) is 25.3 Å².